The predicted molar refractivity (Wildman–Crippen MR) is 48.3 cm³/mol. The van der Waals surface area contributed by atoms with Crippen LogP contribution in [0.5, 0.6) is 0 Å². The minimum Gasteiger partial charge on any atom is -0.481 e. The first-order valence-corrected chi connectivity index (χ1v) is 4.37. The van der Waals surface area contributed by atoms with E-state index in [-0.39, 0.29) is 11.9 Å². The molecule has 0 aromatic heterocycles. The second kappa shape index (κ2) is 3.06. The number of benzene rings is 1. The molecule has 0 saturated heterocycles. The Morgan fingerprint density at radius 2 is 2.21 bits per heavy atom. The zero-order chi connectivity index (χ0) is 10.3. The van der Waals surface area contributed by atoms with Crippen LogP contribution in [0.1, 0.15) is 29.5 Å². The van der Waals surface area contributed by atoms with E-state index in [1.807, 2.05) is 0 Å². The van der Waals surface area contributed by atoms with Crippen LogP contribution in [0, 0.1) is 5.82 Å². The summed E-state index contributed by atoms with van der Waals surface area (Å²) in [7, 11) is 0. The van der Waals surface area contributed by atoms with Crippen molar-refractivity contribution in [3.05, 3.63) is 35.1 Å². The van der Waals surface area contributed by atoms with Gasteiger partial charge in [-0.3, -0.25) is 4.79 Å². The Morgan fingerprint density at radius 3 is 2.86 bits per heavy atom. The molecule has 3 N–H and O–H groups in total. The van der Waals surface area contributed by atoms with E-state index in [0.717, 1.165) is 0 Å². The first-order chi connectivity index (χ1) is 6.59. The Balaban J connectivity index is 2.49. The van der Waals surface area contributed by atoms with Gasteiger partial charge in [-0.1, -0.05) is 6.07 Å². The molecule has 0 amide bonds. The van der Waals surface area contributed by atoms with Crippen LogP contribution in [-0.2, 0) is 4.79 Å². The number of nitrogens with two attached hydrogens (primary N) is 1. The number of carboxylic acid groups (broad SMARTS) is 1. The highest BCUT2D eigenvalue weighted by Gasteiger charge is 2.33. The molecule has 0 spiro atoms. The van der Waals surface area contributed by atoms with Crippen LogP contribution < -0.4 is 5.73 Å². The summed E-state index contributed by atoms with van der Waals surface area (Å²) in [5.74, 6) is -1.85. The SMILES string of the molecule is NC1CC(C(=O)O)c2ccc(F)cc21. The first-order valence-electron chi connectivity index (χ1n) is 4.37. The fourth-order valence-electron chi connectivity index (χ4n) is 1.93. The lowest BCUT2D eigenvalue weighted by molar-refractivity contribution is -0.138. The molecule has 1 aliphatic carbocycles. The van der Waals surface area contributed by atoms with Crippen molar-refractivity contribution >= 4 is 5.97 Å². The van der Waals surface area contributed by atoms with E-state index >= 15 is 0 Å². The zero-order valence-electron chi connectivity index (χ0n) is 7.40. The van der Waals surface area contributed by atoms with Crippen molar-refractivity contribution in [3.63, 3.8) is 0 Å². The standard InChI is InChI=1S/C10H10FNO2/c11-5-1-2-6-7(3-5)9(12)4-8(6)10(13)14/h1-3,8-9H,4,12H2,(H,13,14). The number of carbonyl (C=O) groups is 1. The number of aliphatic carboxylic acids is 1. The number of hydrogen-bond donors (Lipinski definition) is 2. The van der Waals surface area contributed by atoms with Gasteiger partial charge in [0.2, 0.25) is 0 Å². The van der Waals surface area contributed by atoms with Crippen molar-refractivity contribution in [2.24, 2.45) is 5.73 Å². The summed E-state index contributed by atoms with van der Waals surface area (Å²) >= 11 is 0. The third-order valence-corrected chi connectivity index (χ3v) is 2.61. The third-order valence-electron chi connectivity index (χ3n) is 2.61. The molecule has 0 fully saturated rings. The topological polar surface area (TPSA) is 63.3 Å². The highest BCUT2D eigenvalue weighted by atomic mass is 19.1. The zero-order valence-corrected chi connectivity index (χ0v) is 7.40. The molecule has 3 nitrogen and oxygen atoms in total. The van der Waals surface area contributed by atoms with Gasteiger partial charge in [0.15, 0.2) is 0 Å². The quantitative estimate of drug-likeness (QED) is 0.711. The molecule has 14 heavy (non-hydrogen) atoms. The lowest BCUT2D eigenvalue weighted by atomic mass is 10.0. The van der Waals surface area contributed by atoms with Gasteiger partial charge in [-0.15, -0.1) is 0 Å². The normalized spacial score (nSPS) is 24.7. The van der Waals surface area contributed by atoms with E-state index in [0.29, 0.717) is 17.5 Å². The number of carboxylic acids is 1. The third kappa shape index (κ3) is 1.28. The molecule has 1 aromatic carbocycles. The summed E-state index contributed by atoms with van der Waals surface area (Å²) in [6, 6.07) is 3.74. The van der Waals surface area contributed by atoms with Crippen LogP contribution >= 0.6 is 0 Å². The molecule has 2 atom stereocenters. The summed E-state index contributed by atoms with van der Waals surface area (Å²) < 4.78 is 12.9. The van der Waals surface area contributed by atoms with Gasteiger partial charge in [-0.2, -0.15) is 0 Å². The Bertz CT molecular complexity index is 392. The molecule has 2 rings (SSSR count). The summed E-state index contributed by atoms with van der Waals surface area (Å²) in [5.41, 5.74) is 6.98. The first kappa shape index (κ1) is 9.15. The van der Waals surface area contributed by atoms with E-state index < -0.39 is 11.9 Å². The van der Waals surface area contributed by atoms with Crippen LogP contribution in [0.3, 0.4) is 0 Å². The molecule has 74 valence electrons. The Labute approximate surface area is 80.3 Å². The van der Waals surface area contributed by atoms with Crippen molar-refractivity contribution in [2.45, 2.75) is 18.4 Å². The Kier molecular flexibility index (Phi) is 2.00. The van der Waals surface area contributed by atoms with E-state index in [9.17, 15) is 9.18 Å². The highest BCUT2D eigenvalue weighted by molar-refractivity contribution is 5.78. The van der Waals surface area contributed by atoms with Gasteiger partial charge in [-0.25, -0.2) is 4.39 Å². The number of rotatable bonds is 1. The van der Waals surface area contributed by atoms with Crippen molar-refractivity contribution in [3.8, 4) is 0 Å². The molecule has 0 saturated carbocycles. The smallest absolute Gasteiger partial charge is 0.311 e. The monoisotopic (exact) mass is 195 g/mol. The number of fused-ring (bicyclic) bond motifs is 1. The number of halogens is 1. The maximum Gasteiger partial charge on any atom is 0.311 e. The maximum absolute atomic E-state index is 12.9. The van der Waals surface area contributed by atoms with E-state index in [1.54, 1.807) is 0 Å². The van der Waals surface area contributed by atoms with Crippen LogP contribution in [0.2, 0.25) is 0 Å². The highest BCUT2D eigenvalue weighted by Crippen LogP contribution is 2.39. The van der Waals surface area contributed by atoms with Gasteiger partial charge in [0.1, 0.15) is 5.82 Å². The summed E-state index contributed by atoms with van der Waals surface area (Å²) in [4.78, 5) is 10.8. The summed E-state index contributed by atoms with van der Waals surface area (Å²) in [5, 5.41) is 8.90. The molecule has 4 heteroatoms. The lowest BCUT2D eigenvalue weighted by Crippen LogP contribution is -2.10. The minimum absolute atomic E-state index is 0.355. The lowest BCUT2D eigenvalue weighted by Gasteiger charge is -2.04. The van der Waals surface area contributed by atoms with Gasteiger partial charge in [0, 0.05) is 6.04 Å². The molecule has 2 unspecified atom stereocenters. The van der Waals surface area contributed by atoms with Crippen LogP contribution in [-0.4, -0.2) is 11.1 Å². The predicted octanol–water partition coefficient (Wildman–Crippen LogP) is 1.40. The average molecular weight is 195 g/mol. The van der Waals surface area contributed by atoms with Gasteiger partial charge in [0.25, 0.3) is 0 Å². The molecule has 0 heterocycles. The summed E-state index contributed by atoms with van der Waals surface area (Å²) in [6.07, 6.45) is 0.355. The van der Waals surface area contributed by atoms with Crippen LogP contribution in [0.4, 0.5) is 4.39 Å². The van der Waals surface area contributed by atoms with Crippen molar-refractivity contribution in [2.75, 3.05) is 0 Å². The van der Waals surface area contributed by atoms with Gasteiger partial charge < -0.3 is 10.8 Å². The van der Waals surface area contributed by atoms with Crippen molar-refractivity contribution in [1.82, 2.24) is 0 Å². The molecule has 1 aliphatic rings. The Morgan fingerprint density at radius 1 is 1.50 bits per heavy atom. The molecule has 0 aliphatic heterocycles. The second-order valence-corrected chi connectivity index (χ2v) is 3.51. The Hall–Kier alpha value is -1.42. The molecular formula is C10H10FNO2. The van der Waals surface area contributed by atoms with Crippen LogP contribution in [0.15, 0.2) is 18.2 Å². The van der Waals surface area contributed by atoms with Gasteiger partial charge >= 0.3 is 5.97 Å². The van der Waals surface area contributed by atoms with E-state index in [1.165, 1.54) is 18.2 Å². The fraction of sp³-hybridized carbons (Fsp3) is 0.300. The molecule has 0 bridgehead atoms. The molecule has 1 aromatic rings. The van der Waals surface area contributed by atoms with Crippen molar-refractivity contribution in [1.29, 1.82) is 0 Å². The maximum atomic E-state index is 12.9. The summed E-state index contributed by atoms with van der Waals surface area (Å²) in [6.45, 7) is 0. The van der Waals surface area contributed by atoms with Gasteiger partial charge in [0.05, 0.1) is 5.92 Å². The fourth-order valence-corrected chi connectivity index (χ4v) is 1.93. The molecule has 0 radical (unpaired) electrons. The average Bonchev–Trinajstić information content (AvgIpc) is 2.44. The van der Waals surface area contributed by atoms with Crippen molar-refractivity contribution < 1.29 is 14.3 Å². The van der Waals surface area contributed by atoms with E-state index in [4.69, 9.17) is 10.8 Å². The number of hydrogen-bond acceptors (Lipinski definition) is 2. The second-order valence-electron chi connectivity index (χ2n) is 3.51. The largest absolute Gasteiger partial charge is 0.481 e. The molecular weight excluding hydrogens is 185 g/mol. The minimum atomic E-state index is -0.897. The van der Waals surface area contributed by atoms with E-state index in [2.05, 4.69) is 0 Å². The van der Waals surface area contributed by atoms with Crippen LogP contribution in [0.25, 0.3) is 0 Å². The van der Waals surface area contributed by atoms with Gasteiger partial charge in [-0.05, 0) is 29.7 Å².